The van der Waals surface area contributed by atoms with E-state index < -0.39 is 0 Å². The van der Waals surface area contributed by atoms with Gasteiger partial charge in [0.1, 0.15) is 0 Å². The number of hydrogen-bond acceptors (Lipinski definition) is 4. The average molecular weight is 215 g/mol. The Balaban J connectivity index is 2.52. The second-order valence-electron chi connectivity index (χ2n) is 2.60. The second kappa shape index (κ2) is 3.01. The van der Waals surface area contributed by atoms with Crippen molar-refractivity contribution in [2.45, 2.75) is 6.92 Å². The van der Waals surface area contributed by atoms with Crippen LogP contribution in [0.4, 0.5) is 5.95 Å². The molecule has 0 amide bonds. The summed E-state index contributed by atoms with van der Waals surface area (Å²) in [5, 5.41) is 9.13. The highest BCUT2D eigenvalue weighted by Gasteiger charge is 2.11. The van der Waals surface area contributed by atoms with Gasteiger partial charge in [-0.3, -0.25) is 5.10 Å². The van der Waals surface area contributed by atoms with E-state index in [1.807, 2.05) is 12.3 Å². The van der Waals surface area contributed by atoms with Crippen LogP contribution in [0.2, 0.25) is 5.02 Å². The van der Waals surface area contributed by atoms with Gasteiger partial charge in [0.2, 0.25) is 5.95 Å². The van der Waals surface area contributed by atoms with Crippen molar-refractivity contribution in [2.24, 2.45) is 0 Å². The third-order valence-corrected chi connectivity index (χ3v) is 3.32. The zero-order valence-electron chi connectivity index (χ0n) is 6.84. The van der Waals surface area contributed by atoms with Gasteiger partial charge in [0.15, 0.2) is 5.82 Å². The van der Waals surface area contributed by atoms with E-state index in [4.69, 9.17) is 17.3 Å². The molecule has 13 heavy (non-hydrogen) atoms. The van der Waals surface area contributed by atoms with Crippen LogP contribution in [0, 0.1) is 6.92 Å². The van der Waals surface area contributed by atoms with Crippen LogP contribution in [0.5, 0.6) is 0 Å². The van der Waals surface area contributed by atoms with E-state index >= 15 is 0 Å². The minimum Gasteiger partial charge on any atom is -0.366 e. The summed E-state index contributed by atoms with van der Waals surface area (Å²) in [4.78, 5) is 4.87. The highest BCUT2D eigenvalue weighted by atomic mass is 35.5. The Morgan fingerprint density at radius 1 is 1.62 bits per heavy atom. The molecule has 0 fully saturated rings. The number of rotatable bonds is 1. The first-order valence-electron chi connectivity index (χ1n) is 3.60. The Bertz CT molecular complexity index is 433. The molecule has 0 aliphatic heterocycles. The van der Waals surface area contributed by atoms with Crippen molar-refractivity contribution in [1.29, 1.82) is 0 Å². The van der Waals surface area contributed by atoms with E-state index in [1.54, 1.807) is 0 Å². The van der Waals surface area contributed by atoms with Gasteiger partial charge < -0.3 is 5.73 Å². The predicted octanol–water partition coefficient (Wildman–Crippen LogP) is 2.08. The van der Waals surface area contributed by atoms with Gasteiger partial charge in [-0.1, -0.05) is 11.6 Å². The third-order valence-electron chi connectivity index (χ3n) is 1.62. The van der Waals surface area contributed by atoms with Crippen molar-refractivity contribution in [3.63, 3.8) is 0 Å². The maximum absolute atomic E-state index is 6.03. The van der Waals surface area contributed by atoms with Crippen molar-refractivity contribution in [3.05, 3.63) is 16.0 Å². The number of nitrogen functional groups attached to an aromatic ring is 1. The van der Waals surface area contributed by atoms with Gasteiger partial charge in [-0.15, -0.1) is 16.4 Å². The van der Waals surface area contributed by atoms with Crippen LogP contribution in [0.15, 0.2) is 5.38 Å². The summed E-state index contributed by atoms with van der Waals surface area (Å²) in [5.74, 6) is 0.859. The maximum atomic E-state index is 6.03. The molecule has 0 aliphatic carbocycles. The summed E-state index contributed by atoms with van der Waals surface area (Å²) >= 11 is 7.56. The van der Waals surface area contributed by atoms with E-state index in [0.717, 1.165) is 10.4 Å². The number of aromatic nitrogens is 3. The quantitative estimate of drug-likeness (QED) is 0.764. The first-order chi connectivity index (χ1) is 6.18. The lowest BCUT2D eigenvalue weighted by Crippen LogP contribution is -1.85. The Kier molecular flexibility index (Phi) is 1.97. The first-order valence-corrected chi connectivity index (χ1v) is 4.86. The summed E-state index contributed by atoms with van der Waals surface area (Å²) in [7, 11) is 0. The normalized spacial score (nSPS) is 10.6. The molecule has 2 aromatic heterocycles. The Labute approximate surface area is 83.8 Å². The Morgan fingerprint density at radius 3 is 2.85 bits per heavy atom. The zero-order valence-corrected chi connectivity index (χ0v) is 8.41. The number of aromatic amines is 1. The highest BCUT2D eigenvalue weighted by molar-refractivity contribution is 7.14. The zero-order chi connectivity index (χ0) is 9.42. The number of hydrogen-bond donors (Lipinski definition) is 2. The largest absolute Gasteiger partial charge is 0.366 e. The molecule has 6 heteroatoms. The Morgan fingerprint density at radius 2 is 2.38 bits per heavy atom. The second-order valence-corrected chi connectivity index (χ2v) is 3.86. The van der Waals surface area contributed by atoms with Crippen molar-refractivity contribution in [1.82, 2.24) is 15.2 Å². The van der Waals surface area contributed by atoms with Gasteiger partial charge in [-0.05, 0) is 17.9 Å². The number of aryl methyl sites for hydroxylation is 1. The van der Waals surface area contributed by atoms with E-state index in [1.165, 1.54) is 11.3 Å². The molecule has 2 rings (SSSR count). The summed E-state index contributed by atoms with van der Waals surface area (Å²) in [6, 6.07) is 0. The summed E-state index contributed by atoms with van der Waals surface area (Å²) in [6.45, 7) is 1.95. The molecule has 3 N–H and O–H groups in total. The van der Waals surface area contributed by atoms with Crippen LogP contribution in [0.1, 0.15) is 5.56 Å². The van der Waals surface area contributed by atoms with Crippen molar-refractivity contribution in [2.75, 3.05) is 5.73 Å². The van der Waals surface area contributed by atoms with Crippen LogP contribution in [0.25, 0.3) is 10.7 Å². The first kappa shape index (κ1) is 8.52. The van der Waals surface area contributed by atoms with Gasteiger partial charge in [0, 0.05) is 0 Å². The lowest BCUT2D eigenvalue weighted by atomic mass is 10.3. The fraction of sp³-hybridized carbons (Fsp3) is 0.143. The summed E-state index contributed by atoms with van der Waals surface area (Å²) in [6.07, 6.45) is 0. The van der Waals surface area contributed by atoms with Gasteiger partial charge in [0.05, 0.1) is 9.90 Å². The average Bonchev–Trinajstić information content (AvgIpc) is 2.62. The van der Waals surface area contributed by atoms with E-state index in [-0.39, 0.29) is 5.95 Å². The number of halogens is 1. The molecule has 0 aromatic carbocycles. The van der Waals surface area contributed by atoms with Gasteiger partial charge in [-0.25, -0.2) is 0 Å². The molecular formula is C7H7ClN4S. The van der Waals surface area contributed by atoms with Crippen molar-refractivity contribution in [3.8, 4) is 10.7 Å². The number of nitrogens with one attached hydrogen (secondary N) is 1. The van der Waals surface area contributed by atoms with Gasteiger partial charge in [-0.2, -0.15) is 4.98 Å². The maximum Gasteiger partial charge on any atom is 0.239 e. The minimum atomic E-state index is 0.233. The van der Waals surface area contributed by atoms with Crippen LogP contribution in [-0.2, 0) is 0 Å². The molecule has 0 bridgehead atoms. The molecule has 0 atom stereocenters. The molecule has 68 valence electrons. The molecule has 0 saturated carbocycles. The molecule has 4 nitrogen and oxygen atoms in total. The molecule has 2 heterocycles. The van der Waals surface area contributed by atoms with Crippen molar-refractivity contribution >= 4 is 28.9 Å². The van der Waals surface area contributed by atoms with Gasteiger partial charge >= 0.3 is 0 Å². The topological polar surface area (TPSA) is 67.6 Å². The lowest BCUT2D eigenvalue weighted by molar-refractivity contribution is 1.11. The number of anilines is 1. The third kappa shape index (κ3) is 1.40. The van der Waals surface area contributed by atoms with E-state index in [9.17, 15) is 0 Å². The number of thiophene rings is 1. The van der Waals surface area contributed by atoms with E-state index in [0.29, 0.717) is 10.8 Å². The smallest absolute Gasteiger partial charge is 0.239 e. The Hall–Kier alpha value is -1.07. The standard InChI is InChI=1S/C7H7ClN4S/c1-3-2-13-5(4(3)8)6-10-7(9)12-11-6/h2H,1H3,(H3,9,10,11,12). The van der Waals surface area contributed by atoms with Crippen LogP contribution >= 0.6 is 22.9 Å². The molecule has 0 unspecified atom stereocenters. The number of nitrogens with two attached hydrogens (primary N) is 1. The fourth-order valence-electron chi connectivity index (χ4n) is 0.966. The molecule has 0 spiro atoms. The van der Waals surface area contributed by atoms with Crippen LogP contribution in [0.3, 0.4) is 0 Å². The van der Waals surface area contributed by atoms with Gasteiger partial charge in [0.25, 0.3) is 0 Å². The summed E-state index contributed by atoms with van der Waals surface area (Å²) < 4.78 is 0. The minimum absolute atomic E-state index is 0.233. The number of H-pyrrole nitrogens is 1. The SMILES string of the molecule is Cc1csc(-c2nc(N)n[nH]2)c1Cl. The predicted molar refractivity (Wildman–Crippen MR) is 53.9 cm³/mol. The monoisotopic (exact) mass is 214 g/mol. The van der Waals surface area contributed by atoms with E-state index in [2.05, 4.69) is 15.2 Å². The highest BCUT2D eigenvalue weighted by Crippen LogP contribution is 2.34. The molecule has 0 saturated heterocycles. The molecule has 0 radical (unpaired) electrons. The molecular weight excluding hydrogens is 208 g/mol. The van der Waals surface area contributed by atoms with Crippen molar-refractivity contribution < 1.29 is 0 Å². The number of nitrogens with zero attached hydrogens (tertiary/aromatic N) is 2. The van der Waals surface area contributed by atoms with Crippen LogP contribution < -0.4 is 5.73 Å². The summed E-state index contributed by atoms with van der Waals surface area (Å²) in [5.41, 5.74) is 6.42. The fourth-order valence-corrected chi connectivity index (χ4v) is 2.19. The lowest BCUT2D eigenvalue weighted by Gasteiger charge is -1.90. The molecule has 2 aromatic rings. The molecule has 0 aliphatic rings. The van der Waals surface area contributed by atoms with Crippen LogP contribution in [-0.4, -0.2) is 15.2 Å².